The van der Waals surface area contributed by atoms with E-state index in [2.05, 4.69) is 16.7 Å². The van der Waals surface area contributed by atoms with Gasteiger partial charge in [-0.3, -0.25) is 4.79 Å². The van der Waals surface area contributed by atoms with Crippen molar-refractivity contribution in [3.63, 3.8) is 0 Å². The summed E-state index contributed by atoms with van der Waals surface area (Å²) in [5, 5.41) is 0. The first-order valence-electron chi connectivity index (χ1n) is 4.00. The molecule has 0 unspecified atom stereocenters. The molecule has 1 rings (SSSR count). The topological polar surface area (TPSA) is 29.5 Å². The normalized spacial score (nSPS) is 19.8. The van der Waals surface area contributed by atoms with Gasteiger partial charge in [0.1, 0.15) is 0 Å². The van der Waals surface area contributed by atoms with Gasteiger partial charge in [0, 0.05) is 0 Å². The van der Waals surface area contributed by atoms with Crippen LogP contribution in [0.2, 0.25) is 0 Å². The van der Waals surface area contributed by atoms with Crippen LogP contribution in [0.1, 0.15) is 12.8 Å². The Hall–Kier alpha value is -0.280. The highest BCUT2D eigenvalue weighted by Gasteiger charge is 2.23. The summed E-state index contributed by atoms with van der Waals surface area (Å²) in [7, 11) is 3.54. The zero-order valence-corrected chi connectivity index (χ0v) is 8.39. The van der Waals surface area contributed by atoms with Crippen LogP contribution in [0.3, 0.4) is 0 Å². The molecule has 0 aliphatic carbocycles. The summed E-state index contributed by atoms with van der Waals surface area (Å²) in [6.45, 7) is 2.03. The average molecular weight is 194 g/mol. The molecule has 3 nitrogen and oxygen atoms in total. The Balaban J connectivity index is 0.00000121. The lowest BCUT2D eigenvalue weighted by atomic mass is 9.98. The lowest BCUT2D eigenvalue weighted by Gasteiger charge is -2.26. The third-order valence-electron chi connectivity index (χ3n) is 2.25. The van der Waals surface area contributed by atoms with Crippen LogP contribution >= 0.6 is 12.4 Å². The molecule has 1 saturated heterocycles. The van der Waals surface area contributed by atoms with Gasteiger partial charge in [-0.2, -0.15) is 0 Å². The second-order valence-electron chi connectivity index (χ2n) is 3.10. The molecule has 0 bridgehead atoms. The van der Waals surface area contributed by atoms with E-state index < -0.39 is 0 Å². The molecule has 0 atom stereocenters. The highest BCUT2D eigenvalue weighted by Crippen LogP contribution is 2.16. The SMILES string of the molecule is COC(=O)C1CCN(C)CC1.Cl. The van der Waals surface area contributed by atoms with Gasteiger partial charge in [0.2, 0.25) is 0 Å². The van der Waals surface area contributed by atoms with Crippen LogP contribution in [-0.2, 0) is 9.53 Å². The fraction of sp³-hybridized carbons (Fsp3) is 0.875. The van der Waals surface area contributed by atoms with Crippen LogP contribution in [-0.4, -0.2) is 38.1 Å². The maximum Gasteiger partial charge on any atom is 0.308 e. The molecule has 0 aromatic heterocycles. The van der Waals surface area contributed by atoms with Crippen LogP contribution in [0.15, 0.2) is 0 Å². The largest absolute Gasteiger partial charge is 0.469 e. The molecule has 1 aliphatic heterocycles. The molecule has 1 heterocycles. The number of ether oxygens (including phenoxy) is 1. The standard InChI is InChI=1S/C8H15NO2.ClH/c1-9-5-3-7(4-6-9)8(10)11-2;/h7H,3-6H2,1-2H3;1H. The molecule has 0 amide bonds. The maximum atomic E-state index is 11.0. The molecule has 4 heteroatoms. The van der Waals surface area contributed by atoms with E-state index in [9.17, 15) is 4.79 Å². The van der Waals surface area contributed by atoms with Crippen LogP contribution in [0.5, 0.6) is 0 Å². The Labute approximate surface area is 79.5 Å². The first-order chi connectivity index (χ1) is 5.24. The molecule has 72 valence electrons. The fourth-order valence-electron chi connectivity index (χ4n) is 1.41. The van der Waals surface area contributed by atoms with Gasteiger partial charge in [0.15, 0.2) is 0 Å². The van der Waals surface area contributed by atoms with Crippen LogP contribution in [0.25, 0.3) is 0 Å². The fourth-order valence-corrected chi connectivity index (χ4v) is 1.41. The van der Waals surface area contributed by atoms with E-state index in [4.69, 9.17) is 0 Å². The smallest absolute Gasteiger partial charge is 0.308 e. The van der Waals surface area contributed by atoms with Crippen molar-refractivity contribution in [2.45, 2.75) is 12.8 Å². The highest BCUT2D eigenvalue weighted by atomic mass is 35.5. The van der Waals surface area contributed by atoms with Gasteiger partial charge in [0.25, 0.3) is 0 Å². The minimum absolute atomic E-state index is 0. The Bertz CT molecular complexity index is 144. The van der Waals surface area contributed by atoms with E-state index in [1.54, 1.807) is 0 Å². The zero-order chi connectivity index (χ0) is 8.27. The lowest BCUT2D eigenvalue weighted by molar-refractivity contribution is -0.146. The highest BCUT2D eigenvalue weighted by molar-refractivity contribution is 5.85. The van der Waals surface area contributed by atoms with Crippen molar-refractivity contribution in [1.29, 1.82) is 0 Å². The predicted molar refractivity (Wildman–Crippen MR) is 49.5 cm³/mol. The Kier molecular flexibility index (Phi) is 5.25. The number of rotatable bonds is 1. The number of piperidine rings is 1. The number of likely N-dealkylation sites (tertiary alicyclic amines) is 1. The van der Waals surface area contributed by atoms with Gasteiger partial charge in [0.05, 0.1) is 13.0 Å². The summed E-state index contributed by atoms with van der Waals surface area (Å²) in [4.78, 5) is 13.3. The third-order valence-corrected chi connectivity index (χ3v) is 2.25. The van der Waals surface area contributed by atoms with Crippen LogP contribution in [0.4, 0.5) is 0 Å². The molecule has 0 saturated carbocycles. The van der Waals surface area contributed by atoms with Crippen molar-refractivity contribution in [2.75, 3.05) is 27.2 Å². The van der Waals surface area contributed by atoms with Crippen LogP contribution in [0, 0.1) is 5.92 Å². The van der Waals surface area contributed by atoms with Crippen molar-refractivity contribution in [3.05, 3.63) is 0 Å². The maximum absolute atomic E-state index is 11.0. The second-order valence-corrected chi connectivity index (χ2v) is 3.10. The molecule has 12 heavy (non-hydrogen) atoms. The van der Waals surface area contributed by atoms with Crippen LogP contribution < -0.4 is 0 Å². The number of hydrogen-bond acceptors (Lipinski definition) is 3. The van der Waals surface area contributed by atoms with E-state index in [0.29, 0.717) is 0 Å². The van der Waals surface area contributed by atoms with E-state index in [1.165, 1.54) is 7.11 Å². The first kappa shape index (κ1) is 11.7. The lowest BCUT2D eigenvalue weighted by Crippen LogP contribution is -2.33. The van der Waals surface area contributed by atoms with E-state index in [1.807, 2.05) is 0 Å². The molecular formula is C8H16ClNO2. The number of hydrogen-bond donors (Lipinski definition) is 0. The number of carbonyl (C=O) groups excluding carboxylic acids is 1. The van der Waals surface area contributed by atoms with Gasteiger partial charge in [-0.25, -0.2) is 0 Å². The molecule has 0 aromatic carbocycles. The summed E-state index contributed by atoms with van der Waals surface area (Å²) in [5.41, 5.74) is 0. The minimum atomic E-state index is -0.0434. The summed E-state index contributed by atoms with van der Waals surface area (Å²) in [6.07, 6.45) is 1.90. The number of esters is 1. The van der Waals surface area contributed by atoms with Gasteiger partial charge in [-0.05, 0) is 33.0 Å². The monoisotopic (exact) mass is 193 g/mol. The molecular weight excluding hydrogens is 178 g/mol. The van der Waals surface area contributed by atoms with E-state index >= 15 is 0 Å². The molecule has 1 fully saturated rings. The summed E-state index contributed by atoms with van der Waals surface area (Å²) >= 11 is 0. The Morgan fingerprint density at radius 1 is 1.42 bits per heavy atom. The van der Waals surface area contributed by atoms with Gasteiger partial charge < -0.3 is 9.64 Å². The molecule has 0 spiro atoms. The molecule has 0 radical (unpaired) electrons. The van der Waals surface area contributed by atoms with Gasteiger partial charge in [-0.1, -0.05) is 0 Å². The second kappa shape index (κ2) is 5.38. The van der Waals surface area contributed by atoms with Crippen molar-refractivity contribution in [2.24, 2.45) is 5.92 Å². The molecule has 1 aliphatic rings. The molecule has 0 aromatic rings. The van der Waals surface area contributed by atoms with Crippen molar-refractivity contribution in [3.8, 4) is 0 Å². The van der Waals surface area contributed by atoms with E-state index in [0.717, 1.165) is 25.9 Å². The summed E-state index contributed by atoms with van der Waals surface area (Å²) in [6, 6.07) is 0. The van der Waals surface area contributed by atoms with Crippen molar-refractivity contribution >= 4 is 18.4 Å². The summed E-state index contributed by atoms with van der Waals surface area (Å²) in [5.74, 6) is 0.106. The Morgan fingerprint density at radius 2 is 1.92 bits per heavy atom. The van der Waals surface area contributed by atoms with Crippen molar-refractivity contribution in [1.82, 2.24) is 4.90 Å². The summed E-state index contributed by atoms with van der Waals surface area (Å²) < 4.78 is 4.67. The van der Waals surface area contributed by atoms with Gasteiger partial charge >= 0.3 is 5.97 Å². The minimum Gasteiger partial charge on any atom is -0.469 e. The molecule has 0 N–H and O–H groups in total. The number of nitrogens with zero attached hydrogens (tertiary/aromatic N) is 1. The van der Waals surface area contributed by atoms with Gasteiger partial charge in [-0.15, -0.1) is 12.4 Å². The number of halogens is 1. The number of carbonyl (C=O) groups is 1. The first-order valence-corrected chi connectivity index (χ1v) is 4.00. The van der Waals surface area contributed by atoms with E-state index in [-0.39, 0.29) is 24.3 Å². The quantitative estimate of drug-likeness (QED) is 0.581. The Morgan fingerprint density at radius 3 is 2.33 bits per heavy atom. The average Bonchev–Trinajstić information content (AvgIpc) is 2.05. The third kappa shape index (κ3) is 2.99. The zero-order valence-electron chi connectivity index (χ0n) is 7.58. The van der Waals surface area contributed by atoms with Crippen molar-refractivity contribution < 1.29 is 9.53 Å². The number of methoxy groups -OCH3 is 1. The predicted octanol–water partition coefficient (Wildman–Crippen LogP) is 0.923.